The lowest BCUT2D eigenvalue weighted by atomic mass is 10.1. The highest BCUT2D eigenvalue weighted by Crippen LogP contribution is 2.17. The van der Waals surface area contributed by atoms with Crippen molar-refractivity contribution in [1.82, 2.24) is 4.98 Å². The third-order valence-corrected chi connectivity index (χ3v) is 2.34. The van der Waals surface area contributed by atoms with Crippen molar-refractivity contribution >= 4 is 11.8 Å². The van der Waals surface area contributed by atoms with Crippen LogP contribution in [0, 0.1) is 0 Å². The van der Waals surface area contributed by atoms with Gasteiger partial charge >= 0.3 is 0 Å². The van der Waals surface area contributed by atoms with E-state index in [1.54, 1.807) is 11.8 Å². The zero-order valence-electron chi connectivity index (χ0n) is 7.45. The van der Waals surface area contributed by atoms with Crippen molar-refractivity contribution in [2.24, 2.45) is 5.73 Å². The normalized spacial score (nSPS) is 12.9. The molecular weight excluding hydrogens is 168 g/mol. The fraction of sp³-hybridized carbons (Fsp3) is 0.444. The van der Waals surface area contributed by atoms with Crippen LogP contribution < -0.4 is 5.73 Å². The van der Waals surface area contributed by atoms with Crippen LogP contribution in [0.25, 0.3) is 0 Å². The third-order valence-electron chi connectivity index (χ3n) is 1.59. The monoisotopic (exact) mass is 182 g/mol. The van der Waals surface area contributed by atoms with E-state index >= 15 is 0 Å². The van der Waals surface area contributed by atoms with Crippen LogP contribution in [0.4, 0.5) is 0 Å². The van der Waals surface area contributed by atoms with Crippen LogP contribution in [0.5, 0.6) is 0 Å². The summed E-state index contributed by atoms with van der Waals surface area (Å²) in [6.07, 6.45) is 4.76. The molecule has 12 heavy (non-hydrogen) atoms. The molecule has 2 nitrogen and oxygen atoms in total. The largest absolute Gasteiger partial charge is 0.328 e. The fourth-order valence-electron chi connectivity index (χ4n) is 1.11. The minimum Gasteiger partial charge on any atom is -0.328 e. The number of nitrogens with zero attached hydrogens (tertiary/aromatic N) is 1. The van der Waals surface area contributed by atoms with E-state index in [0.29, 0.717) is 0 Å². The topological polar surface area (TPSA) is 38.9 Å². The molecule has 0 amide bonds. The Balaban J connectivity index is 2.82. The zero-order valence-corrected chi connectivity index (χ0v) is 8.27. The molecule has 0 saturated carbocycles. The van der Waals surface area contributed by atoms with Gasteiger partial charge in [-0.3, -0.25) is 0 Å². The average Bonchev–Trinajstić information content (AvgIpc) is 2.04. The number of pyridine rings is 1. The summed E-state index contributed by atoms with van der Waals surface area (Å²) >= 11 is 1.67. The molecule has 0 saturated heterocycles. The molecule has 0 aromatic carbocycles. The van der Waals surface area contributed by atoms with E-state index in [1.807, 2.05) is 25.4 Å². The van der Waals surface area contributed by atoms with Crippen LogP contribution in [0.15, 0.2) is 23.4 Å². The molecule has 3 heteroatoms. The summed E-state index contributed by atoms with van der Waals surface area (Å²) in [7, 11) is 0. The fourth-order valence-corrected chi connectivity index (χ4v) is 1.69. The molecular formula is C9H14N2S. The summed E-state index contributed by atoms with van der Waals surface area (Å²) in [6, 6.07) is 4.25. The summed E-state index contributed by atoms with van der Waals surface area (Å²) in [5.74, 6) is 0. The van der Waals surface area contributed by atoms with E-state index in [-0.39, 0.29) is 6.04 Å². The maximum absolute atomic E-state index is 5.71. The molecule has 66 valence electrons. The van der Waals surface area contributed by atoms with Gasteiger partial charge in [0.25, 0.3) is 0 Å². The van der Waals surface area contributed by atoms with Gasteiger partial charge in [0.15, 0.2) is 0 Å². The van der Waals surface area contributed by atoms with Crippen molar-refractivity contribution in [1.29, 1.82) is 0 Å². The molecule has 1 rings (SSSR count). The van der Waals surface area contributed by atoms with Gasteiger partial charge in [-0.2, -0.15) is 0 Å². The van der Waals surface area contributed by atoms with Crippen LogP contribution in [-0.4, -0.2) is 17.3 Å². The van der Waals surface area contributed by atoms with Crippen molar-refractivity contribution in [2.45, 2.75) is 24.4 Å². The van der Waals surface area contributed by atoms with Gasteiger partial charge in [-0.15, -0.1) is 11.8 Å². The van der Waals surface area contributed by atoms with Crippen LogP contribution in [0.3, 0.4) is 0 Å². The molecule has 1 atom stereocenters. The second-order valence-electron chi connectivity index (χ2n) is 2.85. The Hall–Kier alpha value is -0.540. The molecule has 1 aromatic heterocycles. The Morgan fingerprint density at radius 2 is 2.42 bits per heavy atom. The summed E-state index contributed by atoms with van der Waals surface area (Å²) in [6.45, 7) is 2.01. The van der Waals surface area contributed by atoms with Crippen molar-refractivity contribution < 1.29 is 0 Å². The first-order valence-electron chi connectivity index (χ1n) is 3.97. The molecule has 0 bridgehead atoms. The van der Waals surface area contributed by atoms with Gasteiger partial charge in [0.1, 0.15) is 0 Å². The van der Waals surface area contributed by atoms with Crippen LogP contribution in [0.2, 0.25) is 0 Å². The van der Waals surface area contributed by atoms with Crippen molar-refractivity contribution in [3.05, 3.63) is 23.9 Å². The van der Waals surface area contributed by atoms with Gasteiger partial charge in [0.2, 0.25) is 0 Å². The molecule has 0 radical (unpaired) electrons. The predicted molar refractivity (Wildman–Crippen MR) is 53.4 cm³/mol. The van der Waals surface area contributed by atoms with E-state index in [9.17, 15) is 0 Å². The van der Waals surface area contributed by atoms with Crippen LogP contribution in [-0.2, 0) is 6.42 Å². The lowest BCUT2D eigenvalue weighted by Crippen LogP contribution is -2.18. The molecule has 0 aliphatic rings. The molecule has 0 spiro atoms. The molecule has 0 aliphatic heterocycles. The van der Waals surface area contributed by atoms with Gasteiger partial charge in [-0.05, 0) is 31.2 Å². The van der Waals surface area contributed by atoms with E-state index < -0.39 is 0 Å². The Morgan fingerprint density at radius 3 is 3.00 bits per heavy atom. The zero-order chi connectivity index (χ0) is 8.97. The second kappa shape index (κ2) is 4.48. The molecule has 1 unspecified atom stereocenters. The highest BCUT2D eigenvalue weighted by molar-refractivity contribution is 7.98. The number of aromatic nitrogens is 1. The van der Waals surface area contributed by atoms with E-state index in [1.165, 1.54) is 5.56 Å². The number of rotatable bonds is 3. The highest BCUT2D eigenvalue weighted by atomic mass is 32.2. The Labute approximate surface area is 77.6 Å². The number of hydrogen-bond donors (Lipinski definition) is 1. The first-order valence-corrected chi connectivity index (χ1v) is 5.20. The summed E-state index contributed by atoms with van der Waals surface area (Å²) < 4.78 is 0. The molecule has 1 heterocycles. The second-order valence-corrected chi connectivity index (χ2v) is 3.65. The highest BCUT2D eigenvalue weighted by Gasteiger charge is 2.03. The quantitative estimate of drug-likeness (QED) is 0.723. The minimum atomic E-state index is 0.208. The van der Waals surface area contributed by atoms with E-state index in [4.69, 9.17) is 5.73 Å². The SMILES string of the molecule is CSc1ncccc1CC(C)N. The third kappa shape index (κ3) is 2.50. The average molecular weight is 182 g/mol. The molecule has 2 N–H and O–H groups in total. The summed E-state index contributed by atoms with van der Waals surface area (Å²) in [5.41, 5.74) is 6.96. The van der Waals surface area contributed by atoms with Gasteiger partial charge in [0, 0.05) is 12.2 Å². The maximum atomic E-state index is 5.71. The molecule has 1 aromatic rings. The van der Waals surface area contributed by atoms with Crippen LogP contribution >= 0.6 is 11.8 Å². The Kier molecular flexibility index (Phi) is 3.56. The van der Waals surface area contributed by atoms with Gasteiger partial charge < -0.3 is 5.73 Å². The number of hydrogen-bond acceptors (Lipinski definition) is 3. The van der Waals surface area contributed by atoms with Crippen molar-refractivity contribution in [3.8, 4) is 0 Å². The lowest BCUT2D eigenvalue weighted by molar-refractivity contribution is 0.722. The van der Waals surface area contributed by atoms with E-state index in [0.717, 1.165) is 11.4 Å². The summed E-state index contributed by atoms with van der Waals surface area (Å²) in [5, 5.41) is 1.09. The van der Waals surface area contributed by atoms with Gasteiger partial charge in [-0.1, -0.05) is 6.07 Å². The minimum absolute atomic E-state index is 0.208. The smallest absolute Gasteiger partial charge is 0.0989 e. The number of thioether (sulfide) groups is 1. The first kappa shape index (κ1) is 9.55. The van der Waals surface area contributed by atoms with Crippen molar-refractivity contribution in [2.75, 3.05) is 6.26 Å². The Morgan fingerprint density at radius 1 is 1.67 bits per heavy atom. The Bertz CT molecular complexity index is 248. The van der Waals surface area contributed by atoms with Gasteiger partial charge in [-0.25, -0.2) is 4.98 Å². The lowest BCUT2D eigenvalue weighted by Gasteiger charge is -2.07. The molecule has 0 aliphatic carbocycles. The molecule has 0 fully saturated rings. The maximum Gasteiger partial charge on any atom is 0.0989 e. The summed E-state index contributed by atoms with van der Waals surface area (Å²) in [4.78, 5) is 4.26. The van der Waals surface area contributed by atoms with Crippen LogP contribution in [0.1, 0.15) is 12.5 Å². The van der Waals surface area contributed by atoms with Crippen molar-refractivity contribution in [3.63, 3.8) is 0 Å². The van der Waals surface area contributed by atoms with Gasteiger partial charge in [0.05, 0.1) is 5.03 Å². The predicted octanol–water partition coefficient (Wildman–Crippen LogP) is 1.69. The first-order chi connectivity index (χ1) is 5.74. The standard InChI is InChI=1S/C9H14N2S/c1-7(10)6-8-4-3-5-11-9(8)12-2/h3-5,7H,6,10H2,1-2H3. The van der Waals surface area contributed by atoms with E-state index in [2.05, 4.69) is 11.1 Å². The number of nitrogens with two attached hydrogens (primary N) is 1.